The Balaban J connectivity index is 2.59. The van der Waals surface area contributed by atoms with E-state index in [1.165, 1.54) is 15.5 Å². The number of nitrogens with zero attached hydrogens (tertiary/aromatic N) is 2. The zero-order chi connectivity index (χ0) is 21.6. The minimum absolute atomic E-state index is 0.0506. The molecule has 1 heterocycles. The number of hydrogen-bond donors (Lipinski definition) is 2. The van der Waals surface area contributed by atoms with Gasteiger partial charge >= 0.3 is 5.69 Å². The topological polar surface area (TPSA) is 101 Å². The molecular formula is C20H26ClFN4O3. The van der Waals surface area contributed by atoms with Gasteiger partial charge in [0.1, 0.15) is 11.6 Å². The van der Waals surface area contributed by atoms with Crippen molar-refractivity contribution in [3.05, 3.63) is 55.4 Å². The quantitative estimate of drug-likeness (QED) is 0.601. The maximum absolute atomic E-state index is 13.4. The smallest absolute Gasteiger partial charge is 0.330 e. The molecule has 0 saturated heterocycles. The lowest BCUT2D eigenvalue weighted by molar-refractivity contribution is 0.0986. The number of nitrogens with two attached hydrogens (primary N) is 1. The number of nitrogens with one attached hydrogen (secondary N) is 1. The molecule has 0 aliphatic heterocycles. The zero-order valence-corrected chi connectivity index (χ0v) is 17.4. The summed E-state index contributed by atoms with van der Waals surface area (Å²) in [5.41, 5.74) is 4.75. The second-order valence-electron chi connectivity index (χ2n) is 6.79. The number of nitrogen functional groups attached to an aromatic ring is 1. The van der Waals surface area contributed by atoms with Gasteiger partial charge in [-0.3, -0.25) is 19.1 Å². The maximum Gasteiger partial charge on any atom is 0.330 e. The SMILES string of the molecule is CCCCCN(C(=O)c1ccc(F)cc1Cl)c1c(N)n(CCCC)c(=O)[nH]c1=O. The Labute approximate surface area is 173 Å². The molecule has 29 heavy (non-hydrogen) atoms. The molecule has 0 bridgehead atoms. The summed E-state index contributed by atoms with van der Waals surface area (Å²) in [4.78, 5) is 41.5. The first-order valence-electron chi connectivity index (χ1n) is 9.71. The van der Waals surface area contributed by atoms with Crippen LogP contribution in [0.4, 0.5) is 15.9 Å². The number of aromatic nitrogens is 2. The molecule has 0 aliphatic rings. The first-order chi connectivity index (χ1) is 13.8. The van der Waals surface area contributed by atoms with Crippen LogP contribution in [0.1, 0.15) is 56.3 Å². The number of H-pyrrole nitrogens is 1. The third kappa shape index (κ3) is 5.26. The Bertz CT molecular complexity index is 987. The monoisotopic (exact) mass is 424 g/mol. The predicted molar refractivity (Wildman–Crippen MR) is 113 cm³/mol. The number of aromatic amines is 1. The molecule has 0 aliphatic carbocycles. The number of carbonyl (C=O) groups is 1. The van der Waals surface area contributed by atoms with Gasteiger partial charge < -0.3 is 10.6 Å². The Morgan fingerprint density at radius 1 is 1.21 bits per heavy atom. The Morgan fingerprint density at radius 3 is 2.52 bits per heavy atom. The lowest BCUT2D eigenvalue weighted by Crippen LogP contribution is -2.41. The summed E-state index contributed by atoms with van der Waals surface area (Å²) < 4.78 is 14.7. The Hall–Kier alpha value is -2.61. The molecule has 1 aromatic heterocycles. The molecule has 3 N–H and O–H groups in total. The summed E-state index contributed by atoms with van der Waals surface area (Å²) in [7, 11) is 0. The predicted octanol–water partition coefficient (Wildman–Crippen LogP) is 3.55. The van der Waals surface area contributed by atoms with E-state index in [9.17, 15) is 18.8 Å². The lowest BCUT2D eigenvalue weighted by atomic mass is 10.1. The minimum Gasteiger partial charge on any atom is -0.383 e. The summed E-state index contributed by atoms with van der Waals surface area (Å²) in [5.74, 6) is -1.23. The molecule has 0 atom stereocenters. The van der Waals surface area contributed by atoms with Gasteiger partial charge in [0.2, 0.25) is 0 Å². The number of amides is 1. The van der Waals surface area contributed by atoms with Gasteiger partial charge in [0.15, 0.2) is 5.69 Å². The van der Waals surface area contributed by atoms with Crippen LogP contribution in [0.15, 0.2) is 27.8 Å². The van der Waals surface area contributed by atoms with E-state index in [1.807, 2.05) is 13.8 Å². The minimum atomic E-state index is -0.747. The van der Waals surface area contributed by atoms with Gasteiger partial charge in [0.25, 0.3) is 11.5 Å². The first-order valence-corrected chi connectivity index (χ1v) is 10.1. The van der Waals surface area contributed by atoms with Gasteiger partial charge in [0, 0.05) is 13.1 Å². The summed E-state index contributed by atoms with van der Waals surface area (Å²) in [6.07, 6.45) is 3.86. The summed E-state index contributed by atoms with van der Waals surface area (Å²) in [6, 6.07) is 3.43. The van der Waals surface area contributed by atoms with E-state index in [2.05, 4.69) is 4.98 Å². The van der Waals surface area contributed by atoms with Crippen molar-refractivity contribution in [2.75, 3.05) is 17.2 Å². The van der Waals surface area contributed by atoms with Crippen molar-refractivity contribution in [3.63, 3.8) is 0 Å². The number of unbranched alkanes of at least 4 members (excludes halogenated alkanes) is 3. The summed E-state index contributed by atoms with van der Waals surface area (Å²) in [5, 5.41) is -0.0650. The van der Waals surface area contributed by atoms with E-state index in [4.69, 9.17) is 17.3 Å². The number of carbonyl (C=O) groups excluding carboxylic acids is 1. The van der Waals surface area contributed by atoms with Gasteiger partial charge in [-0.1, -0.05) is 44.7 Å². The average Bonchev–Trinajstić information content (AvgIpc) is 2.66. The molecule has 0 spiro atoms. The standard InChI is InChI=1S/C20H26ClFN4O3/c1-3-5-7-11-25(19(28)14-9-8-13(22)12-15(14)21)16-17(23)26(10-6-4-2)20(29)24-18(16)27/h8-9,12H,3-7,10-11,23H2,1-2H3,(H,24,27,29). The molecule has 1 amide bonds. The second kappa shape index (κ2) is 10.2. The fourth-order valence-electron chi connectivity index (χ4n) is 3.02. The third-order valence-corrected chi connectivity index (χ3v) is 4.92. The number of halogens is 2. The van der Waals surface area contributed by atoms with E-state index in [1.54, 1.807) is 0 Å². The van der Waals surface area contributed by atoms with Crippen LogP contribution >= 0.6 is 11.6 Å². The van der Waals surface area contributed by atoms with Crippen LogP contribution in [-0.4, -0.2) is 22.0 Å². The number of hydrogen-bond acceptors (Lipinski definition) is 4. The molecule has 0 radical (unpaired) electrons. The van der Waals surface area contributed by atoms with Crippen LogP contribution in [0.3, 0.4) is 0 Å². The highest BCUT2D eigenvalue weighted by atomic mass is 35.5. The molecule has 7 nitrogen and oxygen atoms in total. The van der Waals surface area contributed by atoms with Crippen LogP contribution in [0.2, 0.25) is 5.02 Å². The fourth-order valence-corrected chi connectivity index (χ4v) is 3.27. The van der Waals surface area contributed by atoms with Gasteiger partial charge in [-0.15, -0.1) is 0 Å². The van der Waals surface area contributed by atoms with E-state index in [-0.39, 0.29) is 28.6 Å². The molecule has 9 heteroatoms. The van der Waals surface area contributed by atoms with E-state index in [0.717, 1.165) is 31.4 Å². The van der Waals surface area contributed by atoms with Crippen molar-refractivity contribution >= 4 is 29.0 Å². The Morgan fingerprint density at radius 2 is 1.90 bits per heavy atom. The average molecular weight is 425 g/mol. The molecule has 158 valence electrons. The number of anilines is 2. The zero-order valence-electron chi connectivity index (χ0n) is 16.6. The normalized spacial score (nSPS) is 10.9. The molecule has 0 unspecified atom stereocenters. The van der Waals surface area contributed by atoms with Crippen LogP contribution < -0.4 is 21.9 Å². The van der Waals surface area contributed by atoms with Crippen molar-refractivity contribution in [1.82, 2.24) is 9.55 Å². The second-order valence-corrected chi connectivity index (χ2v) is 7.19. The van der Waals surface area contributed by atoms with Gasteiger partial charge in [0.05, 0.1) is 10.6 Å². The number of rotatable bonds is 9. The highest BCUT2D eigenvalue weighted by Crippen LogP contribution is 2.24. The highest BCUT2D eigenvalue weighted by Gasteiger charge is 2.26. The molecule has 1 aromatic carbocycles. The van der Waals surface area contributed by atoms with Gasteiger partial charge in [-0.25, -0.2) is 9.18 Å². The fraction of sp³-hybridized carbons (Fsp3) is 0.450. The van der Waals surface area contributed by atoms with Gasteiger partial charge in [-0.05, 0) is 31.0 Å². The number of benzene rings is 1. The van der Waals surface area contributed by atoms with Crippen molar-refractivity contribution < 1.29 is 9.18 Å². The first kappa shape index (κ1) is 22.7. The third-order valence-electron chi connectivity index (χ3n) is 4.61. The molecule has 2 aromatic rings. The van der Waals surface area contributed by atoms with Crippen molar-refractivity contribution in [2.45, 2.75) is 52.5 Å². The molecule has 0 saturated carbocycles. The maximum atomic E-state index is 13.4. The van der Waals surface area contributed by atoms with Gasteiger partial charge in [-0.2, -0.15) is 0 Å². The highest BCUT2D eigenvalue weighted by molar-refractivity contribution is 6.34. The van der Waals surface area contributed by atoms with Crippen LogP contribution in [-0.2, 0) is 6.54 Å². The van der Waals surface area contributed by atoms with E-state index >= 15 is 0 Å². The molecule has 2 rings (SSSR count). The largest absolute Gasteiger partial charge is 0.383 e. The lowest BCUT2D eigenvalue weighted by Gasteiger charge is -2.25. The molecular weight excluding hydrogens is 399 g/mol. The van der Waals surface area contributed by atoms with Crippen LogP contribution in [0, 0.1) is 5.82 Å². The van der Waals surface area contributed by atoms with Crippen molar-refractivity contribution in [1.29, 1.82) is 0 Å². The van der Waals surface area contributed by atoms with Crippen molar-refractivity contribution in [2.24, 2.45) is 0 Å². The Kier molecular flexibility index (Phi) is 8.01. The van der Waals surface area contributed by atoms with Crippen LogP contribution in [0.5, 0.6) is 0 Å². The summed E-state index contributed by atoms with van der Waals surface area (Å²) >= 11 is 6.06. The summed E-state index contributed by atoms with van der Waals surface area (Å²) in [6.45, 7) is 4.50. The van der Waals surface area contributed by atoms with Crippen LogP contribution in [0.25, 0.3) is 0 Å². The van der Waals surface area contributed by atoms with Crippen molar-refractivity contribution in [3.8, 4) is 0 Å². The molecule has 0 fully saturated rings. The van der Waals surface area contributed by atoms with E-state index in [0.29, 0.717) is 19.4 Å². The van der Waals surface area contributed by atoms with E-state index < -0.39 is 23.0 Å².